The van der Waals surface area contributed by atoms with Crippen molar-refractivity contribution in [1.82, 2.24) is 15.5 Å². The van der Waals surface area contributed by atoms with Crippen LogP contribution in [0.25, 0.3) is 0 Å². The summed E-state index contributed by atoms with van der Waals surface area (Å²) in [6.07, 6.45) is 0.357. The summed E-state index contributed by atoms with van der Waals surface area (Å²) in [6, 6.07) is 6.95. The van der Waals surface area contributed by atoms with Gasteiger partial charge >= 0.3 is 12.1 Å². The minimum Gasteiger partial charge on any atom is -0.480 e. The number of nitrogens with one attached hydrogen (secondary N) is 2. The molecule has 0 aliphatic carbocycles. The normalized spacial score (nSPS) is 12.6. The number of alkyl carbamates (subject to hydrolysis) is 1. The molecule has 19 heteroatoms. The second-order valence-electron chi connectivity index (χ2n) is 15.5. The van der Waals surface area contributed by atoms with Crippen LogP contribution in [0.5, 0.6) is 0 Å². The van der Waals surface area contributed by atoms with E-state index in [-0.39, 0.29) is 38.1 Å². The first kappa shape index (κ1) is 57.5. The number of rotatable bonds is 41. The van der Waals surface area contributed by atoms with Gasteiger partial charge in [-0.3, -0.25) is 9.59 Å². The van der Waals surface area contributed by atoms with E-state index in [4.69, 9.17) is 52.1 Å². The number of unbranched alkanes of at least 4 members (excludes halogenated alkanes) is 1. The van der Waals surface area contributed by atoms with E-state index < -0.39 is 35.6 Å². The average molecular weight is 904 g/mol. The fraction of sp³-hybridized carbons (Fsp3) is 0.773. The summed E-state index contributed by atoms with van der Waals surface area (Å²) in [4.78, 5) is 52.8. The van der Waals surface area contributed by atoms with Gasteiger partial charge in [0.05, 0.1) is 119 Å². The molecule has 0 aliphatic rings. The molecule has 0 radical (unpaired) electrons. The number of amides is 3. The first-order valence-electron chi connectivity index (χ1n) is 21.9. The van der Waals surface area contributed by atoms with Crippen LogP contribution in [0.4, 0.5) is 4.79 Å². The summed E-state index contributed by atoms with van der Waals surface area (Å²) in [6.45, 7) is 17.1. The second-order valence-corrected chi connectivity index (χ2v) is 15.5. The first-order chi connectivity index (χ1) is 30.4. The Morgan fingerprint density at radius 3 is 1.46 bits per heavy atom. The topological polar surface area (TPSA) is 217 Å². The number of carboxylic acid groups (broad SMARTS) is 1. The first-order valence-corrected chi connectivity index (χ1v) is 21.9. The van der Waals surface area contributed by atoms with Gasteiger partial charge in [0.2, 0.25) is 11.8 Å². The largest absolute Gasteiger partial charge is 0.480 e. The average Bonchev–Trinajstić information content (AvgIpc) is 3.24. The Kier molecular flexibility index (Phi) is 34.5. The Bertz CT molecular complexity index is 1300. The predicted octanol–water partition coefficient (Wildman–Crippen LogP) is 3.10. The molecule has 0 aliphatic heterocycles. The third kappa shape index (κ3) is 31.1. The molecule has 0 unspecified atom stereocenters. The smallest absolute Gasteiger partial charge is 0.408 e. The molecule has 0 spiro atoms. The number of nitrogens with zero attached hydrogens (tertiary/aromatic N) is 1. The molecule has 1 aromatic rings. The molecule has 0 aromatic heterocycles. The molecule has 0 heterocycles. The maximum Gasteiger partial charge on any atom is 0.408 e. The lowest BCUT2D eigenvalue weighted by molar-refractivity contribution is -0.158. The summed E-state index contributed by atoms with van der Waals surface area (Å²) >= 11 is 0. The molecule has 0 saturated carbocycles. The van der Waals surface area contributed by atoms with Crippen LogP contribution in [-0.2, 0) is 73.1 Å². The zero-order chi connectivity index (χ0) is 46.4. The summed E-state index contributed by atoms with van der Waals surface area (Å²) in [5.74, 6) is -2.35. The Labute approximate surface area is 374 Å². The van der Waals surface area contributed by atoms with Crippen molar-refractivity contribution in [3.63, 3.8) is 0 Å². The maximum absolute atomic E-state index is 14.0. The Balaban J connectivity index is 2.13. The summed E-state index contributed by atoms with van der Waals surface area (Å²) < 4.78 is 59.2. The van der Waals surface area contributed by atoms with E-state index in [9.17, 15) is 24.3 Å². The van der Waals surface area contributed by atoms with Crippen LogP contribution in [0.1, 0.15) is 59.4 Å². The van der Waals surface area contributed by atoms with Gasteiger partial charge in [0.1, 0.15) is 25.3 Å². The van der Waals surface area contributed by atoms with Crippen LogP contribution < -0.4 is 10.6 Å². The van der Waals surface area contributed by atoms with Crippen LogP contribution in [0.15, 0.2) is 30.3 Å². The van der Waals surface area contributed by atoms with Crippen LogP contribution in [0.2, 0.25) is 0 Å². The number of hydrogen-bond donors (Lipinski definition) is 3. The zero-order valence-electron chi connectivity index (χ0n) is 38.6. The molecule has 3 N–H and O–H groups in total. The molecule has 0 saturated heterocycles. The zero-order valence-corrected chi connectivity index (χ0v) is 38.6. The number of benzene rings is 1. The van der Waals surface area contributed by atoms with Crippen molar-refractivity contribution in [3.05, 3.63) is 35.9 Å². The summed E-state index contributed by atoms with van der Waals surface area (Å²) in [5, 5.41) is 15.5. The van der Waals surface area contributed by atoms with Gasteiger partial charge in [0.15, 0.2) is 0 Å². The van der Waals surface area contributed by atoms with Crippen LogP contribution >= 0.6 is 0 Å². The van der Waals surface area contributed by atoms with E-state index in [2.05, 4.69) is 10.6 Å². The number of carboxylic acids is 1. The van der Waals surface area contributed by atoms with E-state index in [1.807, 2.05) is 30.3 Å². The van der Waals surface area contributed by atoms with Gasteiger partial charge in [-0.05, 0) is 51.5 Å². The number of methoxy groups -OCH3 is 1. The number of carbonyl (C=O) groups excluding carboxylic acids is 3. The van der Waals surface area contributed by atoms with Crippen molar-refractivity contribution in [2.45, 2.75) is 78.1 Å². The third-order valence-electron chi connectivity index (χ3n) is 8.81. The monoisotopic (exact) mass is 904 g/mol. The number of hydrogen-bond acceptors (Lipinski definition) is 15. The molecule has 63 heavy (non-hydrogen) atoms. The SMILES string of the molecule is COCCOCCOCCOCCOCCOCCOCCOCCOCCOCC(=O)NCCCC[C@H](NC(=O)OCc1ccccc1)C(=O)N([C@H](C(=O)O)C(C)C)C(C)(C)C. The third-order valence-corrected chi connectivity index (χ3v) is 8.81. The second kappa shape index (κ2) is 37.8. The molecule has 1 rings (SSSR count). The minimum absolute atomic E-state index is 0.00607. The van der Waals surface area contributed by atoms with E-state index in [0.29, 0.717) is 132 Å². The van der Waals surface area contributed by atoms with Crippen LogP contribution in [0, 0.1) is 5.92 Å². The highest BCUT2D eigenvalue weighted by Gasteiger charge is 2.42. The number of aliphatic carboxylic acids is 1. The van der Waals surface area contributed by atoms with Gasteiger partial charge in [0.25, 0.3) is 0 Å². The van der Waals surface area contributed by atoms with Crippen molar-refractivity contribution in [1.29, 1.82) is 0 Å². The molecular formula is C44H77N3O16. The molecule has 1 aromatic carbocycles. The standard InChI is InChI=1S/C44H77N3O16/c1-36(2)40(42(50)51)47(44(3,4)5)41(49)38(46-43(52)63-34-37-12-8-7-9-13-37)14-10-11-15-45-39(48)35-62-33-32-61-31-30-60-29-28-59-27-26-58-25-24-57-23-22-56-21-20-55-19-18-54-17-16-53-6/h7-9,12-13,36,38,40H,10-11,14-35H2,1-6H3,(H,45,48)(H,46,52)(H,50,51)/t38-,40-/m0/s1. The quantitative estimate of drug-likeness (QED) is 0.0805. The predicted molar refractivity (Wildman–Crippen MR) is 233 cm³/mol. The van der Waals surface area contributed by atoms with Crippen molar-refractivity contribution in [3.8, 4) is 0 Å². The highest BCUT2D eigenvalue weighted by atomic mass is 16.6. The molecule has 2 atom stereocenters. The lowest BCUT2D eigenvalue weighted by atomic mass is 9.93. The fourth-order valence-electron chi connectivity index (χ4n) is 5.73. The van der Waals surface area contributed by atoms with Crippen molar-refractivity contribution >= 4 is 23.9 Å². The molecule has 0 bridgehead atoms. The molecular weight excluding hydrogens is 826 g/mol. The van der Waals surface area contributed by atoms with E-state index >= 15 is 0 Å². The lowest BCUT2D eigenvalue weighted by Gasteiger charge is -2.43. The van der Waals surface area contributed by atoms with Crippen molar-refractivity contribution < 1.29 is 76.4 Å². The van der Waals surface area contributed by atoms with Crippen molar-refractivity contribution in [2.24, 2.45) is 5.92 Å². The lowest BCUT2D eigenvalue weighted by Crippen LogP contribution is -2.61. The van der Waals surface area contributed by atoms with Gasteiger partial charge in [0, 0.05) is 19.2 Å². The van der Waals surface area contributed by atoms with Gasteiger partial charge in [-0.15, -0.1) is 0 Å². The van der Waals surface area contributed by atoms with Crippen molar-refractivity contribution in [2.75, 3.05) is 139 Å². The van der Waals surface area contributed by atoms with Gasteiger partial charge in [-0.25, -0.2) is 9.59 Å². The molecule has 19 nitrogen and oxygen atoms in total. The minimum atomic E-state index is -1.13. The number of carbonyl (C=O) groups is 4. The summed E-state index contributed by atoms with van der Waals surface area (Å²) in [7, 11) is 1.63. The summed E-state index contributed by atoms with van der Waals surface area (Å²) in [5.41, 5.74) is -0.0782. The number of ether oxygens (including phenoxy) is 11. The van der Waals surface area contributed by atoms with E-state index in [0.717, 1.165) is 5.56 Å². The Morgan fingerprint density at radius 1 is 0.635 bits per heavy atom. The Hall–Kier alpha value is -3.50. The van der Waals surface area contributed by atoms with E-state index in [1.165, 1.54) is 4.90 Å². The van der Waals surface area contributed by atoms with Gasteiger partial charge in [-0.1, -0.05) is 44.2 Å². The fourth-order valence-corrected chi connectivity index (χ4v) is 5.73. The van der Waals surface area contributed by atoms with Crippen LogP contribution in [-0.4, -0.2) is 191 Å². The highest BCUT2D eigenvalue weighted by Crippen LogP contribution is 2.25. The Morgan fingerprint density at radius 2 is 1.06 bits per heavy atom. The van der Waals surface area contributed by atoms with Gasteiger partial charge < -0.3 is 72.7 Å². The van der Waals surface area contributed by atoms with Crippen LogP contribution in [0.3, 0.4) is 0 Å². The maximum atomic E-state index is 14.0. The van der Waals surface area contributed by atoms with Gasteiger partial charge in [-0.2, -0.15) is 0 Å². The van der Waals surface area contributed by atoms with E-state index in [1.54, 1.807) is 41.7 Å². The highest BCUT2D eigenvalue weighted by molar-refractivity contribution is 5.90. The molecule has 0 fully saturated rings. The molecule has 3 amide bonds. The molecule has 364 valence electrons.